The number of halogens is 1. The molecule has 0 radical (unpaired) electrons. The third-order valence-electron chi connectivity index (χ3n) is 6.29. The molecular weight excluding hydrogens is 438 g/mol. The van der Waals surface area contributed by atoms with Crippen molar-refractivity contribution >= 4 is 29.3 Å². The second-order valence-corrected chi connectivity index (χ2v) is 9.15. The van der Waals surface area contributed by atoms with Gasteiger partial charge in [0.05, 0.1) is 10.6 Å². The Bertz CT molecular complexity index is 985. The highest BCUT2D eigenvalue weighted by Gasteiger charge is 2.34. The lowest BCUT2D eigenvalue weighted by molar-refractivity contribution is -0.125. The molecule has 7 heteroatoms. The van der Waals surface area contributed by atoms with Crippen LogP contribution in [0.25, 0.3) is 0 Å². The first-order valence-electron chi connectivity index (χ1n) is 11.5. The monoisotopic (exact) mass is 469 g/mol. The summed E-state index contributed by atoms with van der Waals surface area (Å²) in [5.74, 6) is -0.659. The average Bonchev–Trinajstić information content (AvgIpc) is 2.82. The van der Waals surface area contributed by atoms with Crippen LogP contribution in [0, 0.1) is 12.8 Å². The molecule has 3 rings (SSSR count). The first-order chi connectivity index (χ1) is 15.8. The smallest absolute Gasteiger partial charge is 0.253 e. The van der Waals surface area contributed by atoms with Gasteiger partial charge in [-0.3, -0.25) is 14.4 Å². The van der Waals surface area contributed by atoms with Gasteiger partial charge in [-0.15, -0.1) is 0 Å². The number of piperidine rings is 1. The molecule has 0 spiro atoms. The number of benzene rings is 2. The summed E-state index contributed by atoms with van der Waals surface area (Å²) in [7, 11) is 0. The Morgan fingerprint density at radius 1 is 1.03 bits per heavy atom. The zero-order valence-electron chi connectivity index (χ0n) is 19.4. The lowest BCUT2D eigenvalue weighted by Gasteiger charge is -2.36. The first-order valence-corrected chi connectivity index (χ1v) is 11.9. The van der Waals surface area contributed by atoms with Gasteiger partial charge in [0.25, 0.3) is 11.8 Å². The van der Waals surface area contributed by atoms with Gasteiger partial charge in [-0.05, 0) is 63.3 Å². The van der Waals surface area contributed by atoms with Gasteiger partial charge in [-0.2, -0.15) is 0 Å². The summed E-state index contributed by atoms with van der Waals surface area (Å²) in [6, 6.07) is 13.6. The number of hydrogen-bond acceptors (Lipinski definition) is 3. The molecule has 2 aromatic rings. The highest BCUT2D eigenvalue weighted by Crippen LogP contribution is 2.24. The Kier molecular flexibility index (Phi) is 8.50. The predicted octanol–water partition coefficient (Wildman–Crippen LogP) is 4.21. The lowest BCUT2D eigenvalue weighted by Crippen LogP contribution is -2.55. The number of carbonyl (C=O) groups is 3. The van der Waals surface area contributed by atoms with Crippen molar-refractivity contribution in [1.82, 2.24) is 15.5 Å². The van der Waals surface area contributed by atoms with Crippen LogP contribution in [0.3, 0.4) is 0 Å². The van der Waals surface area contributed by atoms with Gasteiger partial charge in [-0.25, -0.2) is 0 Å². The fourth-order valence-corrected chi connectivity index (χ4v) is 4.23. The van der Waals surface area contributed by atoms with Gasteiger partial charge in [0.1, 0.15) is 6.04 Å². The van der Waals surface area contributed by atoms with Crippen LogP contribution in [0.2, 0.25) is 5.02 Å². The maximum absolute atomic E-state index is 13.1. The fraction of sp³-hybridized carbons (Fsp3) is 0.423. The minimum Gasteiger partial charge on any atom is -0.352 e. The normalized spacial score (nSPS) is 16.1. The van der Waals surface area contributed by atoms with Crippen molar-refractivity contribution in [3.63, 3.8) is 0 Å². The third kappa shape index (κ3) is 6.35. The van der Waals surface area contributed by atoms with E-state index < -0.39 is 6.04 Å². The van der Waals surface area contributed by atoms with Crippen LogP contribution in [0.4, 0.5) is 0 Å². The maximum atomic E-state index is 13.1. The number of nitrogens with one attached hydrogen (secondary N) is 2. The van der Waals surface area contributed by atoms with Crippen LogP contribution in [0.5, 0.6) is 0 Å². The molecule has 0 aromatic heterocycles. The molecule has 6 nitrogen and oxygen atoms in total. The highest BCUT2D eigenvalue weighted by atomic mass is 35.5. The van der Waals surface area contributed by atoms with Gasteiger partial charge in [0, 0.05) is 24.7 Å². The van der Waals surface area contributed by atoms with E-state index in [1.54, 1.807) is 24.3 Å². The molecule has 0 aliphatic carbocycles. The second-order valence-electron chi connectivity index (χ2n) is 8.74. The zero-order valence-corrected chi connectivity index (χ0v) is 20.2. The van der Waals surface area contributed by atoms with E-state index in [2.05, 4.69) is 10.6 Å². The molecule has 1 fully saturated rings. The number of likely N-dealkylation sites (tertiary alicyclic amines) is 1. The van der Waals surface area contributed by atoms with Crippen LogP contribution in [0.15, 0.2) is 48.5 Å². The van der Waals surface area contributed by atoms with Gasteiger partial charge in [0.2, 0.25) is 5.91 Å². The molecule has 33 heavy (non-hydrogen) atoms. The van der Waals surface area contributed by atoms with Gasteiger partial charge < -0.3 is 15.5 Å². The summed E-state index contributed by atoms with van der Waals surface area (Å²) >= 11 is 6.19. The number of carbonyl (C=O) groups excluding carboxylic acids is 3. The molecule has 1 aliphatic heterocycles. The summed E-state index contributed by atoms with van der Waals surface area (Å²) in [6.07, 6.45) is 2.04. The average molecular weight is 470 g/mol. The molecule has 2 aromatic carbocycles. The molecule has 176 valence electrons. The van der Waals surface area contributed by atoms with E-state index in [9.17, 15) is 14.4 Å². The van der Waals surface area contributed by atoms with Gasteiger partial charge in [-0.1, -0.05) is 48.4 Å². The van der Waals surface area contributed by atoms with E-state index in [1.165, 1.54) is 0 Å². The van der Waals surface area contributed by atoms with Gasteiger partial charge in [0.15, 0.2) is 0 Å². The number of amides is 3. The molecule has 1 saturated heterocycles. The molecule has 1 heterocycles. The topological polar surface area (TPSA) is 78.5 Å². The maximum Gasteiger partial charge on any atom is 0.253 e. The van der Waals surface area contributed by atoms with Gasteiger partial charge >= 0.3 is 0 Å². The predicted molar refractivity (Wildman–Crippen MR) is 130 cm³/mol. The zero-order chi connectivity index (χ0) is 24.0. The van der Waals surface area contributed by atoms with Crippen molar-refractivity contribution in [2.45, 2.75) is 52.1 Å². The molecule has 2 atom stereocenters. The molecule has 2 N–H and O–H groups in total. The van der Waals surface area contributed by atoms with Crippen molar-refractivity contribution in [3.05, 3.63) is 70.2 Å². The SMILES string of the molecule is CC[C@H](C)NC(=O)[C@@H](NC(=O)c1ccccc1Cl)C1CCN(C(=O)c2ccc(C)cc2)CC1. The largest absolute Gasteiger partial charge is 0.352 e. The molecular formula is C26H32ClN3O3. The second kappa shape index (κ2) is 11.3. The first kappa shape index (κ1) is 24.8. The van der Waals surface area contributed by atoms with Crippen molar-refractivity contribution < 1.29 is 14.4 Å². The Hall–Kier alpha value is -2.86. The summed E-state index contributed by atoms with van der Waals surface area (Å²) in [4.78, 5) is 40.7. The minimum atomic E-state index is -0.695. The van der Waals surface area contributed by atoms with Crippen LogP contribution >= 0.6 is 11.6 Å². The quantitative estimate of drug-likeness (QED) is 0.637. The van der Waals surface area contributed by atoms with Crippen molar-refractivity contribution in [1.29, 1.82) is 0 Å². The Morgan fingerprint density at radius 3 is 2.27 bits per heavy atom. The van der Waals surface area contributed by atoms with Crippen LogP contribution in [0.1, 0.15) is 59.4 Å². The summed E-state index contributed by atoms with van der Waals surface area (Å²) in [6.45, 7) is 6.99. The highest BCUT2D eigenvalue weighted by molar-refractivity contribution is 6.33. The summed E-state index contributed by atoms with van der Waals surface area (Å²) in [5, 5.41) is 6.25. The van der Waals surface area contributed by atoms with Crippen LogP contribution in [-0.4, -0.2) is 47.8 Å². The summed E-state index contributed by atoms with van der Waals surface area (Å²) < 4.78 is 0. The van der Waals surface area contributed by atoms with Crippen LogP contribution in [-0.2, 0) is 4.79 Å². The number of rotatable bonds is 7. The standard InChI is InChI=1S/C26H32ClN3O3/c1-4-18(3)28-25(32)23(29-24(31)21-7-5-6-8-22(21)27)19-13-15-30(16-14-19)26(33)20-11-9-17(2)10-12-20/h5-12,18-19,23H,4,13-16H2,1-3H3,(H,28,32)(H,29,31)/t18-,23-/m0/s1. The Morgan fingerprint density at radius 2 is 1.67 bits per heavy atom. The van der Waals surface area contributed by atoms with Crippen LogP contribution < -0.4 is 10.6 Å². The Labute approximate surface area is 200 Å². The Balaban J connectivity index is 1.71. The lowest BCUT2D eigenvalue weighted by atomic mass is 9.88. The van der Waals surface area contributed by atoms with E-state index in [1.807, 2.05) is 49.9 Å². The molecule has 0 unspecified atom stereocenters. The van der Waals surface area contributed by atoms with E-state index in [4.69, 9.17) is 11.6 Å². The number of hydrogen-bond donors (Lipinski definition) is 2. The van der Waals surface area contributed by atoms with Crippen molar-refractivity contribution in [2.24, 2.45) is 5.92 Å². The molecule has 0 bridgehead atoms. The van der Waals surface area contributed by atoms with Crippen molar-refractivity contribution in [2.75, 3.05) is 13.1 Å². The van der Waals surface area contributed by atoms with E-state index in [0.717, 1.165) is 12.0 Å². The molecule has 1 aliphatic rings. The van der Waals surface area contributed by atoms with E-state index in [-0.39, 0.29) is 29.7 Å². The molecule has 3 amide bonds. The van der Waals surface area contributed by atoms with Crippen molar-refractivity contribution in [3.8, 4) is 0 Å². The number of aryl methyl sites for hydroxylation is 1. The minimum absolute atomic E-state index is 0.000388. The summed E-state index contributed by atoms with van der Waals surface area (Å²) in [5.41, 5.74) is 2.11. The third-order valence-corrected chi connectivity index (χ3v) is 6.61. The number of nitrogens with zero attached hydrogens (tertiary/aromatic N) is 1. The van der Waals surface area contributed by atoms with E-state index >= 15 is 0 Å². The molecule has 0 saturated carbocycles. The fourth-order valence-electron chi connectivity index (χ4n) is 4.01. The van der Waals surface area contributed by atoms with E-state index in [0.29, 0.717) is 42.1 Å².